The Bertz CT molecular complexity index is 1430. The minimum absolute atomic E-state index is 0.0340. The van der Waals surface area contributed by atoms with E-state index in [-0.39, 0.29) is 24.4 Å². The van der Waals surface area contributed by atoms with Crippen LogP contribution in [0.25, 0.3) is 0 Å². The van der Waals surface area contributed by atoms with E-state index in [1.54, 1.807) is 9.80 Å². The Morgan fingerprint density at radius 3 is 2.23 bits per heavy atom. The van der Waals surface area contributed by atoms with Crippen LogP contribution in [0.5, 0.6) is 0 Å². The number of rotatable bonds is 5. The Morgan fingerprint density at radius 1 is 0.825 bits per heavy atom. The number of piperidine rings is 1. The van der Waals surface area contributed by atoms with Gasteiger partial charge in [-0.15, -0.1) is 0 Å². The molecule has 0 aliphatic carbocycles. The number of hydrogen-bond donors (Lipinski definition) is 2. The summed E-state index contributed by atoms with van der Waals surface area (Å²) in [7, 11) is 0. The second-order valence-electron chi connectivity index (χ2n) is 11.0. The molecule has 2 fully saturated rings. The van der Waals surface area contributed by atoms with Gasteiger partial charge in [0, 0.05) is 30.2 Å². The molecule has 3 aromatic carbocycles. The summed E-state index contributed by atoms with van der Waals surface area (Å²) in [5.41, 5.74) is 6.04. The van der Waals surface area contributed by atoms with Crippen LogP contribution in [-0.2, 0) is 9.59 Å². The lowest BCUT2D eigenvalue weighted by Gasteiger charge is -2.43. The zero-order chi connectivity index (χ0) is 28.4. The van der Waals surface area contributed by atoms with Crippen LogP contribution in [-0.4, -0.2) is 59.5 Å². The molecular weight excluding hydrogens is 502 g/mol. The number of benzene rings is 3. The van der Waals surface area contributed by atoms with Gasteiger partial charge in [0.1, 0.15) is 12.1 Å². The van der Waals surface area contributed by atoms with Gasteiger partial charge in [0.25, 0.3) is 5.91 Å². The first kappa shape index (κ1) is 27.2. The Balaban J connectivity index is 1.30. The second-order valence-corrected chi connectivity index (χ2v) is 11.0. The van der Waals surface area contributed by atoms with E-state index in [0.717, 1.165) is 39.3 Å². The minimum Gasteiger partial charge on any atom is -0.339 e. The fourth-order valence-electron chi connectivity index (χ4n) is 5.74. The highest BCUT2D eigenvalue weighted by molar-refractivity contribution is 5.99. The van der Waals surface area contributed by atoms with E-state index in [0.29, 0.717) is 32.6 Å². The number of hydrogen-bond acceptors (Lipinski definition) is 4. The van der Waals surface area contributed by atoms with Gasteiger partial charge in [0.05, 0.1) is 6.67 Å². The number of anilines is 3. The Kier molecular flexibility index (Phi) is 7.52. The second kappa shape index (κ2) is 11.0. The average Bonchev–Trinajstić information content (AvgIpc) is 3.19. The molecule has 0 bridgehead atoms. The van der Waals surface area contributed by atoms with Gasteiger partial charge in [0.15, 0.2) is 0 Å². The highest BCUT2D eigenvalue weighted by Crippen LogP contribution is 2.39. The summed E-state index contributed by atoms with van der Waals surface area (Å²) in [6, 6.07) is 21.4. The molecule has 2 heterocycles. The third-order valence-corrected chi connectivity index (χ3v) is 8.21. The van der Waals surface area contributed by atoms with Crippen LogP contribution in [0.1, 0.15) is 35.1 Å². The van der Waals surface area contributed by atoms with Gasteiger partial charge in [-0.1, -0.05) is 42.0 Å². The summed E-state index contributed by atoms with van der Waals surface area (Å²) in [5, 5.41) is 5.97. The fourth-order valence-corrected chi connectivity index (χ4v) is 5.74. The number of amides is 4. The maximum Gasteiger partial charge on any atom is 0.321 e. The van der Waals surface area contributed by atoms with Crippen LogP contribution in [0.3, 0.4) is 0 Å². The predicted octanol–water partition coefficient (Wildman–Crippen LogP) is 5.23. The van der Waals surface area contributed by atoms with Crippen molar-refractivity contribution in [2.45, 2.75) is 46.1 Å². The number of urea groups is 1. The van der Waals surface area contributed by atoms with Crippen LogP contribution in [0.2, 0.25) is 0 Å². The lowest BCUT2D eigenvalue weighted by Crippen LogP contribution is -2.58. The van der Waals surface area contributed by atoms with Gasteiger partial charge in [-0.3, -0.25) is 9.59 Å². The monoisotopic (exact) mass is 539 g/mol. The number of carbonyl (C=O) groups excluding carboxylic acids is 3. The summed E-state index contributed by atoms with van der Waals surface area (Å²) in [4.78, 5) is 45.6. The predicted molar refractivity (Wildman–Crippen MR) is 159 cm³/mol. The van der Waals surface area contributed by atoms with Gasteiger partial charge in [-0.05, 0) is 87.6 Å². The molecule has 0 unspecified atom stereocenters. The Hall–Kier alpha value is -4.33. The van der Waals surface area contributed by atoms with Gasteiger partial charge in [-0.25, -0.2) is 4.79 Å². The SMILES string of the molecule is Cc1ccc(NC(=O)N2CCC3(CC2)C(=O)N(CC(=O)Nc2ccc(C)c(C)c2)CN3c2ccccc2)c(C)c1. The van der Waals surface area contributed by atoms with Crippen molar-refractivity contribution < 1.29 is 14.4 Å². The van der Waals surface area contributed by atoms with E-state index < -0.39 is 5.54 Å². The molecule has 2 aliphatic heterocycles. The number of nitrogens with zero attached hydrogens (tertiary/aromatic N) is 3. The van der Waals surface area contributed by atoms with Gasteiger partial charge >= 0.3 is 6.03 Å². The average molecular weight is 540 g/mol. The summed E-state index contributed by atoms with van der Waals surface area (Å²) in [6.45, 7) is 9.20. The maximum absolute atomic E-state index is 14.0. The van der Waals surface area contributed by atoms with Crippen molar-refractivity contribution in [1.29, 1.82) is 0 Å². The number of para-hydroxylation sites is 1. The zero-order valence-corrected chi connectivity index (χ0v) is 23.7. The van der Waals surface area contributed by atoms with Gasteiger partial charge in [0.2, 0.25) is 5.91 Å². The van der Waals surface area contributed by atoms with Crippen LogP contribution in [0.4, 0.5) is 21.9 Å². The normalized spacial score (nSPS) is 16.4. The van der Waals surface area contributed by atoms with Crippen LogP contribution >= 0.6 is 0 Å². The highest BCUT2D eigenvalue weighted by Gasteiger charge is 2.54. The lowest BCUT2D eigenvalue weighted by molar-refractivity contribution is -0.136. The van der Waals surface area contributed by atoms with Crippen molar-refractivity contribution in [3.05, 3.63) is 89.0 Å². The lowest BCUT2D eigenvalue weighted by atomic mass is 9.85. The van der Waals surface area contributed by atoms with E-state index in [9.17, 15) is 14.4 Å². The molecule has 1 spiro atoms. The molecule has 0 radical (unpaired) electrons. The third kappa shape index (κ3) is 5.39. The first-order valence-corrected chi connectivity index (χ1v) is 13.8. The fraction of sp³-hybridized carbons (Fsp3) is 0.344. The Labute approximate surface area is 236 Å². The number of likely N-dealkylation sites (tertiary alicyclic amines) is 1. The summed E-state index contributed by atoms with van der Waals surface area (Å²) < 4.78 is 0. The third-order valence-electron chi connectivity index (χ3n) is 8.21. The first-order valence-electron chi connectivity index (χ1n) is 13.8. The van der Waals surface area contributed by atoms with Crippen molar-refractivity contribution in [1.82, 2.24) is 9.80 Å². The standard InChI is InChI=1S/C32H37N5O3/c1-22-10-13-28(25(4)18-22)34-31(40)35-16-14-32(15-17-35)30(39)36(21-37(32)27-8-6-5-7-9-27)20-29(38)33-26-12-11-23(2)24(3)19-26/h5-13,18-19H,14-17,20-21H2,1-4H3,(H,33,38)(H,34,40). The highest BCUT2D eigenvalue weighted by atomic mass is 16.2. The molecule has 0 atom stereocenters. The molecule has 0 saturated carbocycles. The number of aryl methyl sites for hydroxylation is 4. The zero-order valence-electron chi connectivity index (χ0n) is 23.7. The molecular formula is C32H37N5O3. The molecule has 8 nitrogen and oxygen atoms in total. The summed E-state index contributed by atoms with van der Waals surface area (Å²) in [6.07, 6.45) is 0.965. The summed E-state index contributed by atoms with van der Waals surface area (Å²) in [5.74, 6) is -0.298. The quantitative estimate of drug-likeness (QED) is 0.465. The topological polar surface area (TPSA) is 85.0 Å². The summed E-state index contributed by atoms with van der Waals surface area (Å²) >= 11 is 0. The van der Waals surface area contributed by atoms with Crippen LogP contribution in [0, 0.1) is 27.7 Å². The molecule has 5 rings (SSSR count). The van der Waals surface area contributed by atoms with E-state index in [1.807, 2.05) is 94.4 Å². The van der Waals surface area contributed by atoms with Crippen molar-refractivity contribution >= 4 is 34.9 Å². The van der Waals surface area contributed by atoms with E-state index >= 15 is 0 Å². The molecule has 3 aromatic rings. The molecule has 0 aromatic heterocycles. The van der Waals surface area contributed by atoms with Gasteiger partial charge < -0.3 is 25.3 Å². The molecule has 2 saturated heterocycles. The number of carbonyl (C=O) groups is 3. The van der Waals surface area contributed by atoms with E-state index in [2.05, 4.69) is 15.5 Å². The molecule has 40 heavy (non-hydrogen) atoms. The Morgan fingerprint density at radius 2 is 1.55 bits per heavy atom. The van der Waals surface area contributed by atoms with Crippen LogP contribution in [0.15, 0.2) is 66.7 Å². The minimum atomic E-state index is -0.807. The number of nitrogens with one attached hydrogen (secondary N) is 2. The van der Waals surface area contributed by atoms with E-state index in [1.165, 1.54) is 0 Å². The van der Waals surface area contributed by atoms with Crippen LogP contribution < -0.4 is 15.5 Å². The molecule has 208 valence electrons. The van der Waals surface area contributed by atoms with Crippen molar-refractivity contribution in [2.24, 2.45) is 0 Å². The van der Waals surface area contributed by atoms with Gasteiger partial charge in [-0.2, -0.15) is 0 Å². The van der Waals surface area contributed by atoms with Crippen molar-refractivity contribution in [3.8, 4) is 0 Å². The van der Waals surface area contributed by atoms with Crippen molar-refractivity contribution in [2.75, 3.05) is 41.8 Å². The molecule has 4 amide bonds. The smallest absolute Gasteiger partial charge is 0.321 e. The largest absolute Gasteiger partial charge is 0.339 e. The van der Waals surface area contributed by atoms with E-state index in [4.69, 9.17) is 0 Å². The first-order chi connectivity index (χ1) is 19.2. The molecule has 2 N–H and O–H groups in total. The molecule has 8 heteroatoms. The molecule has 2 aliphatic rings. The maximum atomic E-state index is 14.0. The van der Waals surface area contributed by atoms with Crippen molar-refractivity contribution in [3.63, 3.8) is 0 Å².